The van der Waals surface area contributed by atoms with E-state index < -0.39 is 0 Å². The molecular formula is C15H11N5. The number of pyridine rings is 1. The lowest BCUT2D eigenvalue weighted by Gasteiger charge is -1.99. The molecule has 1 aromatic carbocycles. The predicted octanol–water partition coefficient (Wildman–Crippen LogP) is 3.02. The number of fused-ring (bicyclic) bond motifs is 1. The lowest BCUT2D eigenvalue weighted by molar-refractivity contribution is 1.09. The van der Waals surface area contributed by atoms with E-state index in [9.17, 15) is 0 Å². The molecule has 2 N–H and O–H groups in total. The van der Waals surface area contributed by atoms with E-state index in [2.05, 4.69) is 25.4 Å². The minimum Gasteiger partial charge on any atom is -0.285 e. The van der Waals surface area contributed by atoms with Gasteiger partial charge in [-0.25, -0.2) is 0 Å². The number of nitrogens with zero attached hydrogens (tertiary/aromatic N) is 3. The Morgan fingerprint density at radius 2 is 1.85 bits per heavy atom. The number of benzene rings is 1. The van der Waals surface area contributed by atoms with E-state index in [-0.39, 0.29) is 0 Å². The van der Waals surface area contributed by atoms with Crippen LogP contribution in [0, 0.1) is 0 Å². The quantitative estimate of drug-likeness (QED) is 0.582. The van der Waals surface area contributed by atoms with Crippen LogP contribution in [0.15, 0.2) is 55.0 Å². The van der Waals surface area contributed by atoms with Crippen LogP contribution < -0.4 is 0 Å². The molecule has 4 aromatic rings. The molecule has 0 saturated carbocycles. The largest absolute Gasteiger partial charge is 0.285 e. The highest BCUT2D eigenvalue weighted by molar-refractivity contribution is 5.94. The summed E-state index contributed by atoms with van der Waals surface area (Å²) in [6, 6.07) is 12.1. The van der Waals surface area contributed by atoms with Crippen LogP contribution in [0.4, 0.5) is 0 Å². The monoisotopic (exact) mass is 261 g/mol. The van der Waals surface area contributed by atoms with Gasteiger partial charge in [-0.2, -0.15) is 10.2 Å². The first kappa shape index (κ1) is 10.9. The second-order valence-electron chi connectivity index (χ2n) is 4.54. The van der Waals surface area contributed by atoms with Gasteiger partial charge >= 0.3 is 0 Å². The number of aromatic amines is 2. The van der Waals surface area contributed by atoms with E-state index in [1.807, 2.05) is 42.6 Å². The molecule has 0 radical (unpaired) electrons. The maximum absolute atomic E-state index is 4.43. The van der Waals surface area contributed by atoms with E-state index in [4.69, 9.17) is 0 Å². The number of rotatable bonds is 2. The zero-order valence-electron chi connectivity index (χ0n) is 10.5. The highest BCUT2D eigenvalue weighted by Crippen LogP contribution is 2.28. The Balaban J connectivity index is 1.93. The molecule has 0 bridgehead atoms. The minimum absolute atomic E-state index is 0.879. The molecule has 0 spiro atoms. The van der Waals surface area contributed by atoms with Crippen molar-refractivity contribution in [3.63, 3.8) is 0 Å². The first-order chi connectivity index (χ1) is 9.92. The lowest BCUT2D eigenvalue weighted by Crippen LogP contribution is -1.82. The Hall–Kier alpha value is -2.95. The molecule has 96 valence electrons. The second-order valence-corrected chi connectivity index (χ2v) is 4.54. The summed E-state index contributed by atoms with van der Waals surface area (Å²) in [7, 11) is 0. The molecule has 0 unspecified atom stereocenters. The highest BCUT2D eigenvalue weighted by atomic mass is 15.1. The van der Waals surface area contributed by atoms with E-state index in [0.717, 1.165) is 33.4 Å². The van der Waals surface area contributed by atoms with Crippen molar-refractivity contribution in [2.24, 2.45) is 0 Å². The molecule has 0 atom stereocenters. The van der Waals surface area contributed by atoms with Crippen molar-refractivity contribution in [3.05, 3.63) is 55.0 Å². The molecule has 5 nitrogen and oxygen atoms in total. The van der Waals surface area contributed by atoms with Gasteiger partial charge in [0.1, 0.15) is 5.69 Å². The maximum Gasteiger partial charge on any atom is 0.100 e. The minimum atomic E-state index is 0.879. The average Bonchev–Trinajstić information content (AvgIpc) is 3.17. The summed E-state index contributed by atoms with van der Waals surface area (Å²) >= 11 is 0. The Kier molecular flexibility index (Phi) is 2.35. The standard InChI is InChI=1S/C15H11N5/c1-2-4-10(5-3-1)15-12-6-13(11-7-17-18-8-11)16-9-14(12)19-20-15/h1-9H,(H,17,18)(H,19,20). The summed E-state index contributed by atoms with van der Waals surface area (Å²) in [5.41, 5.74) is 4.80. The molecule has 3 heterocycles. The Morgan fingerprint density at radius 1 is 0.950 bits per heavy atom. The number of H-pyrrole nitrogens is 2. The van der Waals surface area contributed by atoms with Crippen molar-refractivity contribution >= 4 is 10.9 Å². The Morgan fingerprint density at radius 3 is 2.65 bits per heavy atom. The summed E-state index contributed by atoms with van der Waals surface area (Å²) in [5, 5.41) is 15.2. The summed E-state index contributed by atoms with van der Waals surface area (Å²) in [5.74, 6) is 0. The molecule has 0 fully saturated rings. The lowest BCUT2D eigenvalue weighted by atomic mass is 10.1. The van der Waals surface area contributed by atoms with Gasteiger partial charge in [0, 0.05) is 22.7 Å². The number of hydrogen-bond acceptors (Lipinski definition) is 3. The van der Waals surface area contributed by atoms with Crippen molar-refractivity contribution in [1.29, 1.82) is 0 Å². The van der Waals surface area contributed by atoms with Gasteiger partial charge in [0.15, 0.2) is 0 Å². The van der Waals surface area contributed by atoms with Crippen LogP contribution in [-0.2, 0) is 0 Å². The summed E-state index contributed by atoms with van der Waals surface area (Å²) < 4.78 is 0. The highest BCUT2D eigenvalue weighted by Gasteiger charge is 2.10. The smallest absolute Gasteiger partial charge is 0.100 e. The SMILES string of the molecule is c1ccc(-c2n[nH]c3cnc(-c4cn[nH]c4)cc23)cc1. The van der Waals surface area contributed by atoms with Gasteiger partial charge in [0.2, 0.25) is 0 Å². The molecule has 5 heteroatoms. The molecule has 3 aromatic heterocycles. The van der Waals surface area contributed by atoms with E-state index >= 15 is 0 Å². The fourth-order valence-corrected chi connectivity index (χ4v) is 2.28. The van der Waals surface area contributed by atoms with Crippen LogP contribution in [0.5, 0.6) is 0 Å². The molecule has 0 aliphatic heterocycles. The van der Waals surface area contributed by atoms with Crippen LogP contribution in [0.2, 0.25) is 0 Å². The zero-order valence-corrected chi connectivity index (χ0v) is 10.5. The average molecular weight is 261 g/mol. The molecule has 0 saturated heterocycles. The summed E-state index contributed by atoms with van der Waals surface area (Å²) in [6.07, 6.45) is 5.39. The predicted molar refractivity (Wildman–Crippen MR) is 76.9 cm³/mol. The third kappa shape index (κ3) is 1.68. The van der Waals surface area contributed by atoms with Gasteiger partial charge in [-0.1, -0.05) is 30.3 Å². The molecule has 4 rings (SSSR count). The van der Waals surface area contributed by atoms with Gasteiger partial charge in [0.25, 0.3) is 0 Å². The fourth-order valence-electron chi connectivity index (χ4n) is 2.28. The Labute approximate surface area is 114 Å². The molecule has 20 heavy (non-hydrogen) atoms. The molecule has 0 amide bonds. The molecule has 0 aliphatic carbocycles. The maximum atomic E-state index is 4.43. The van der Waals surface area contributed by atoms with Gasteiger partial charge in [-0.15, -0.1) is 0 Å². The third-order valence-corrected chi connectivity index (χ3v) is 3.29. The van der Waals surface area contributed by atoms with Crippen LogP contribution in [0.3, 0.4) is 0 Å². The van der Waals surface area contributed by atoms with Crippen LogP contribution in [-0.4, -0.2) is 25.4 Å². The number of nitrogens with one attached hydrogen (secondary N) is 2. The van der Waals surface area contributed by atoms with Crippen LogP contribution in [0.1, 0.15) is 0 Å². The zero-order chi connectivity index (χ0) is 13.4. The second kappa shape index (κ2) is 4.31. The topological polar surface area (TPSA) is 70.2 Å². The van der Waals surface area contributed by atoms with Crippen molar-refractivity contribution in [2.45, 2.75) is 0 Å². The van der Waals surface area contributed by atoms with Gasteiger partial charge in [-0.05, 0) is 6.07 Å². The van der Waals surface area contributed by atoms with Crippen molar-refractivity contribution in [2.75, 3.05) is 0 Å². The normalized spacial score (nSPS) is 11.0. The molecule has 0 aliphatic rings. The Bertz CT molecular complexity index is 847. The third-order valence-electron chi connectivity index (χ3n) is 3.29. The van der Waals surface area contributed by atoms with Gasteiger partial charge < -0.3 is 0 Å². The van der Waals surface area contributed by atoms with Crippen LogP contribution in [0.25, 0.3) is 33.4 Å². The van der Waals surface area contributed by atoms with Gasteiger partial charge in [0.05, 0.1) is 23.6 Å². The fraction of sp³-hybridized carbons (Fsp3) is 0. The number of aromatic nitrogens is 5. The van der Waals surface area contributed by atoms with Crippen molar-refractivity contribution in [3.8, 4) is 22.5 Å². The number of hydrogen-bond donors (Lipinski definition) is 2. The van der Waals surface area contributed by atoms with Crippen LogP contribution >= 0.6 is 0 Å². The van der Waals surface area contributed by atoms with E-state index in [1.165, 1.54) is 0 Å². The van der Waals surface area contributed by atoms with Gasteiger partial charge in [-0.3, -0.25) is 15.2 Å². The van der Waals surface area contributed by atoms with E-state index in [1.54, 1.807) is 12.4 Å². The van der Waals surface area contributed by atoms with Crippen molar-refractivity contribution < 1.29 is 0 Å². The van der Waals surface area contributed by atoms with E-state index in [0.29, 0.717) is 0 Å². The molecular weight excluding hydrogens is 250 g/mol. The first-order valence-electron chi connectivity index (χ1n) is 6.30. The first-order valence-corrected chi connectivity index (χ1v) is 6.30. The summed E-state index contributed by atoms with van der Waals surface area (Å²) in [6.45, 7) is 0. The summed E-state index contributed by atoms with van der Waals surface area (Å²) in [4.78, 5) is 4.43. The van der Waals surface area contributed by atoms with Crippen molar-refractivity contribution in [1.82, 2.24) is 25.4 Å².